The lowest BCUT2D eigenvalue weighted by Gasteiger charge is -1.99. The van der Waals surface area contributed by atoms with Crippen LogP contribution in [0.15, 0.2) is 22.7 Å². The van der Waals surface area contributed by atoms with Crippen LogP contribution >= 0.6 is 0 Å². The van der Waals surface area contributed by atoms with Crippen molar-refractivity contribution >= 4 is 5.78 Å². The molecule has 104 valence electrons. The Morgan fingerprint density at radius 3 is 2.85 bits per heavy atom. The lowest BCUT2D eigenvalue weighted by atomic mass is 10.1. The van der Waals surface area contributed by atoms with Gasteiger partial charge in [0.05, 0.1) is 6.42 Å². The first-order valence-corrected chi connectivity index (χ1v) is 6.40. The fraction of sp³-hybridized carbons (Fsp3) is 0.357. The molecule has 1 aromatic heterocycles. The van der Waals surface area contributed by atoms with Gasteiger partial charge in [-0.2, -0.15) is 4.98 Å². The van der Waals surface area contributed by atoms with Crippen LogP contribution in [0.4, 0.5) is 8.78 Å². The molecule has 0 atom stereocenters. The van der Waals surface area contributed by atoms with Crippen LogP contribution in [0.25, 0.3) is 0 Å². The number of hydrogen-bond acceptors (Lipinski definition) is 4. The molecule has 2 aromatic rings. The Kier molecular flexibility index (Phi) is 3.30. The van der Waals surface area contributed by atoms with Crippen LogP contribution in [-0.4, -0.2) is 15.9 Å². The Labute approximate surface area is 113 Å². The summed E-state index contributed by atoms with van der Waals surface area (Å²) < 4.78 is 31.2. The third-order valence-corrected chi connectivity index (χ3v) is 3.23. The maximum absolute atomic E-state index is 13.5. The summed E-state index contributed by atoms with van der Waals surface area (Å²) in [6.45, 7) is 0. The minimum atomic E-state index is -0.648. The molecule has 0 spiro atoms. The van der Waals surface area contributed by atoms with Gasteiger partial charge in [0.2, 0.25) is 5.89 Å². The van der Waals surface area contributed by atoms with Gasteiger partial charge in [0.25, 0.3) is 0 Å². The number of ketones is 1. The Morgan fingerprint density at radius 1 is 1.35 bits per heavy atom. The number of benzene rings is 1. The van der Waals surface area contributed by atoms with Crippen molar-refractivity contribution in [2.45, 2.75) is 25.7 Å². The highest BCUT2D eigenvalue weighted by atomic mass is 19.1. The van der Waals surface area contributed by atoms with Gasteiger partial charge in [0.15, 0.2) is 5.82 Å². The van der Waals surface area contributed by atoms with Crippen LogP contribution in [0.5, 0.6) is 0 Å². The molecule has 0 bridgehead atoms. The molecule has 1 fully saturated rings. The summed E-state index contributed by atoms with van der Waals surface area (Å²) in [4.78, 5) is 15.7. The second-order valence-corrected chi connectivity index (χ2v) is 4.93. The largest absolute Gasteiger partial charge is 0.339 e. The smallest absolute Gasteiger partial charge is 0.234 e. The normalized spacial score (nSPS) is 14.5. The Morgan fingerprint density at radius 2 is 2.15 bits per heavy atom. The molecular formula is C14H12F2N2O2. The molecule has 6 heteroatoms. The van der Waals surface area contributed by atoms with Crippen molar-refractivity contribution in [3.8, 4) is 0 Å². The third kappa shape index (κ3) is 2.89. The molecule has 0 aliphatic heterocycles. The molecular weight excluding hydrogens is 266 g/mol. The van der Waals surface area contributed by atoms with Gasteiger partial charge in [-0.15, -0.1) is 0 Å². The van der Waals surface area contributed by atoms with E-state index in [1.54, 1.807) is 0 Å². The highest BCUT2D eigenvalue weighted by Gasteiger charge is 2.30. The number of carbonyl (C=O) groups is 1. The third-order valence-electron chi connectivity index (χ3n) is 3.23. The minimum Gasteiger partial charge on any atom is -0.339 e. The first-order chi connectivity index (χ1) is 9.61. The summed E-state index contributed by atoms with van der Waals surface area (Å²) in [6.07, 6.45) is 2.10. The monoisotopic (exact) mass is 278 g/mol. The van der Waals surface area contributed by atoms with Crippen LogP contribution in [0.1, 0.15) is 30.1 Å². The fourth-order valence-corrected chi connectivity index (χ4v) is 1.97. The van der Waals surface area contributed by atoms with Gasteiger partial charge in [-0.3, -0.25) is 4.79 Å². The number of Topliss-reactive ketones (excluding diaryl/α,β-unsaturated/α-hetero) is 1. The number of nitrogens with zero attached hydrogens (tertiary/aromatic N) is 2. The molecule has 0 saturated heterocycles. The van der Waals surface area contributed by atoms with Crippen molar-refractivity contribution in [1.82, 2.24) is 10.1 Å². The molecule has 0 unspecified atom stereocenters. The van der Waals surface area contributed by atoms with E-state index in [-0.39, 0.29) is 41.8 Å². The Balaban J connectivity index is 1.68. The summed E-state index contributed by atoms with van der Waals surface area (Å²) in [5, 5.41) is 3.71. The van der Waals surface area contributed by atoms with E-state index in [1.165, 1.54) is 12.1 Å². The SMILES string of the molecule is O=C(Cc1nc(Cc2ccc(F)cc2F)no1)C1CC1. The standard InChI is InChI=1S/C14H12F2N2O2/c15-10-4-3-9(11(16)6-10)5-13-17-14(20-18-13)7-12(19)8-1-2-8/h3-4,6,8H,1-2,5,7H2. The van der Waals surface area contributed by atoms with Gasteiger partial charge < -0.3 is 4.52 Å². The zero-order valence-corrected chi connectivity index (χ0v) is 10.6. The number of aromatic nitrogens is 2. The summed E-state index contributed by atoms with van der Waals surface area (Å²) in [7, 11) is 0. The predicted octanol–water partition coefficient (Wildman–Crippen LogP) is 2.46. The maximum atomic E-state index is 13.5. The van der Waals surface area contributed by atoms with E-state index < -0.39 is 11.6 Å². The van der Waals surface area contributed by atoms with Crippen LogP contribution in [0, 0.1) is 17.6 Å². The molecule has 1 aliphatic carbocycles. The molecule has 3 rings (SSSR count). The zero-order chi connectivity index (χ0) is 14.1. The van der Waals surface area contributed by atoms with E-state index in [0.29, 0.717) is 0 Å². The molecule has 1 aromatic carbocycles. The van der Waals surface area contributed by atoms with E-state index in [1.807, 2.05) is 0 Å². The van der Waals surface area contributed by atoms with Crippen LogP contribution in [0.2, 0.25) is 0 Å². The number of hydrogen-bond donors (Lipinski definition) is 0. The Hall–Kier alpha value is -2.11. The van der Waals surface area contributed by atoms with E-state index in [4.69, 9.17) is 4.52 Å². The molecule has 1 aliphatic rings. The second-order valence-electron chi connectivity index (χ2n) is 4.93. The van der Waals surface area contributed by atoms with Gasteiger partial charge >= 0.3 is 0 Å². The quantitative estimate of drug-likeness (QED) is 0.843. The van der Waals surface area contributed by atoms with Crippen LogP contribution < -0.4 is 0 Å². The van der Waals surface area contributed by atoms with E-state index in [0.717, 1.165) is 18.9 Å². The lowest BCUT2D eigenvalue weighted by molar-refractivity contribution is -0.119. The van der Waals surface area contributed by atoms with Crippen molar-refractivity contribution in [2.24, 2.45) is 5.92 Å². The molecule has 1 saturated carbocycles. The van der Waals surface area contributed by atoms with E-state index in [2.05, 4.69) is 10.1 Å². The molecule has 0 radical (unpaired) electrons. The fourth-order valence-electron chi connectivity index (χ4n) is 1.97. The summed E-state index contributed by atoms with van der Waals surface area (Å²) in [5.74, 6) is -0.498. The topological polar surface area (TPSA) is 56.0 Å². The summed E-state index contributed by atoms with van der Waals surface area (Å²) >= 11 is 0. The van der Waals surface area contributed by atoms with E-state index in [9.17, 15) is 13.6 Å². The highest BCUT2D eigenvalue weighted by molar-refractivity contribution is 5.84. The number of carbonyl (C=O) groups excluding carboxylic acids is 1. The first kappa shape index (κ1) is 12.9. The number of rotatable bonds is 5. The van der Waals surface area contributed by atoms with Crippen molar-refractivity contribution in [3.63, 3.8) is 0 Å². The van der Waals surface area contributed by atoms with Crippen molar-refractivity contribution in [3.05, 3.63) is 47.1 Å². The van der Waals surface area contributed by atoms with Gasteiger partial charge in [0.1, 0.15) is 17.4 Å². The molecule has 20 heavy (non-hydrogen) atoms. The van der Waals surface area contributed by atoms with Crippen molar-refractivity contribution in [1.29, 1.82) is 0 Å². The van der Waals surface area contributed by atoms with Crippen LogP contribution in [0.3, 0.4) is 0 Å². The zero-order valence-electron chi connectivity index (χ0n) is 10.6. The molecule has 1 heterocycles. The molecule has 0 N–H and O–H groups in total. The predicted molar refractivity (Wildman–Crippen MR) is 64.9 cm³/mol. The first-order valence-electron chi connectivity index (χ1n) is 6.40. The highest BCUT2D eigenvalue weighted by Crippen LogP contribution is 2.30. The van der Waals surface area contributed by atoms with Gasteiger partial charge in [-0.1, -0.05) is 11.2 Å². The maximum Gasteiger partial charge on any atom is 0.234 e. The van der Waals surface area contributed by atoms with Crippen LogP contribution in [-0.2, 0) is 17.6 Å². The van der Waals surface area contributed by atoms with Crippen molar-refractivity contribution in [2.75, 3.05) is 0 Å². The summed E-state index contributed by atoms with van der Waals surface area (Å²) in [6, 6.07) is 3.33. The van der Waals surface area contributed by atoms with Gasteiger partial charge in [-0.25, -0.2) is 8.78 Å². The minimum absolute atomic E-state index is 0.104. The second kappa shape index (κ2) is 5.11. The van der Waals surface area contributed by atoms with Gasteiger partial charge in [0, 0.05) is 18.4 Å². The molecule has 0 amide bonds. The summed E-state index contributed by atoms with van der Waals surface area (Å²) in [5.41, 5.74) is 0.285. The van der Waals surface area contributed by atoms with Crippen molar-refractivity contribution < 1.29 is 18.1 Å². The average Bonchev–Trinajstić information content (AvgIpc) is 3.16. The molecule has 4 nitrogen and oxygen atoms in total. The van der Waals surface area contributed by atoms with Gasteiger partial charge in [-0.05, 0) is 24.5 Å². The van der Waals surface area contributed by atoms with E-state index >= 15 is 0 Å². The average molecular weight is 278 g/mol. The lowest BCUT2D eigenvalue weighted by Crippen LogP contribution is -2.05. The Bertz CT molecular complexity index is 650. The number of halogens is 2.